The van der Waals surface area contributed by atoms with Crippen molar-refractivity contribution >= 4 is 21.7 Å². The molecule has 19 heavy (non-hydrogen) atoms. The zero-order valence-corrected chi connectivity index (χ0v) is 11.6. The molecule has 1 heterocycles. The molecular weight excluding hydrogens is 308 g/mol. The number of hydrogen-bond donors (Lipinski definition) is 0. The zero-order chi connectivity index (χ0) is 13.2. The molecule has 0 unspecified atom stereocenters. The Morgan fingerprint density at radius 1 is 0.947 bits per heavy atom. The van der Waals surface area contributed by atoms with Crippen LogP contribution in [0, 0.1) is 0 Å². The van der Waals surface area contributed by atoms with Gasteiger partial charge in [0.25, 0.3) is 0 Å². The highest BCUT2D eigenvalue weighted by molar-refractivity contribution is 9.10. The van der Waals surface area contributed by atoms with Crippen molar-refractivity contribution in [2.45, 2.75) is 0 Å². The van der Waals surface area contributed by atoms with Crippen molar-refractivity contribution in [2.75, 3.05) is 13.2 Å². The normalized spacial score (nSPS) is 13.1. The van der Waals surface area contributed by atoms with Gasteiger partial charge in [0.1, 0.15) is 13.2 Å². The SMILES string of the molecule is O=C(c1cccc(Br)c1)c1ccc2c(c1)OCCO2. The summed E-state index contributed by atoms with van der Waals surface area (Å²) in [4.78, 5) is 12.4. The van der Waals surface area contributed by atoms with Crippen LogP contribution in [0.4, 0.5) is 0 Å². The Balaban J connectivity index is 1.96. The van der Waals surface area contributed by atoms with E-state index in [4.69, 9.17) is 9.47 Å². The second-order valence-electron chi connectivity index (χ2n) is 4.20. The summed E-state index contributed by atoms with van der Waals surface area (Å²) in [5, 5.41) is 0. The first-order valence-electron chi connectivity index (χ1n) is 5.94. The standard InChI is InChI=1S/C15H11BrO3/c16-12-3-1-2-10(8-12)15(17)11-4-5-13-14(9-11)19-7-6-18-13/h1-5,8-9H,6-7H2. The van der Waals surface area contributed by atoms with Gasteiger partial charge >= 0.3 is 0 Å². The van der Waals surface area contributed by atoms with Crippen LogP contribution in [-0.4, -0.2) is 19.0 Å². The Hall–Kier alpha value is -1.81. The predicted octanol–water partition coefficient (Wildman–Crippen LogP) is 3.45. The molecule has 1 aliphatic rings. The van der Waals surface area contributed by atoms with Crippen LogP contribution in [0.3, 0.4) is 0 Å². The summed E-state index contributed by atoms with van der Waals surface area (Å²) in [5.74, 6) is 1.29. The average Bonchev–Trinajstić information content (AvgIpc) is 2.46. The lowest BCUT2D eigenvalue weighted by molar-refractivity contribution is 0.103. The van der Waals surface area contributed by atoms with Gasteiger partial charge in [-0.05, 0) is 30.3 Å². The quantitative estimate of drug-likeness (QED) is 0.796. The van der Waals surface area contributed by atoms with E-state index in [-0.39, 0.29) is 5.78 Å². The lowest BCUT2D eigenvalue weighted by Crippen LogP contribution is -2.15. The topological polar surface area (TPSA) is 35.5 Å². The van der Waals surface area contributed by atoms with Gasteiger partial charge in [-0.15, -0.1) is 0 Å². The molecule has 0 saturated carbocycles. The van der Waals surface area contributed by atoms with Gasteiger partial charge < -0.3 is 9.47 Å². The number of carbonyl (C=O) groups is 1. The van der Waals surface area contributed by atoms with Crippen LogP contribution in [0.15, 0.2) is 46.9 Å². The van der Waals surface area contributed by atoms with Crippen LogP contribution in [-0.2, 0) is 0 Å². The zero-order valence-electron chi connectivity index (χ0n) is 10.1. The second kappa shape index (κ2) is 5.05. The third-order valence-electron chi connectivity index (χ3n) is 2.89. The lowest BCUT2D eigenvalue weighted by atomic mass is 10.0. The predicted molar refractivity (Wildman–Crippen MR) is 75.0 cm³/mol. The molecule has 3 rings (SSSR count). The molecule has 0 atom stereocenters. The number of halogens is 1. The van der Waals surface area contributed by atoms with Crippen LogP contribution in [0.1, 0.15) is 15.9 Å². The van der Waals surface area contributed by atoms with Gasteiger partial charge in [0.15, 0.2) is 17.3 Å². The number of ether oxygens (including phenoxy) is 2. The van der Waals surface area contributed by atoms with Gasteiger partial charge in [0.2, 0.25) is 0 Å². The van der Waals surface area contributed by atoms with Crippen LogP contribution in [0.25, 0.3) is 0 Å². The third kappa shape index (κ3) is 2.49. The summed E-state index contributed by atoms with van der Waals surface area (Å²) in [6.07, 6.45) is 0. The molecular formula is C15H11BrO3. The van der Waals surface area contributed by atoms with Gasteiger partial charge in [-0.25, -0.2) is 0 Å². The van der Waals surface area contributed by atoms with E-state index < -0.39 is 0 Å². The molecule has 2 aromatic rings. The minimum atomic E-state index is -0.0294. The molecule has 96 valence electrons. The Morgan fingerprint density at radius 2 is 1.68 bits per heavy atom. The maximum absolute atomic E-state index is 12.4. The van der Waals surface area contributed by atoms with Crippen LogP contribution in [0.2, 0.25) is 0 Å². The molecule has 0 amide bonds. The summed E-state index contributed by atoms with van der Waals surface area (Å²) in [7, 11) is 0. The summed E-state index contributed by atoms with van der Waals surface area (Å²) in [6.45, 7) is 1.06. The van der Waals surface area contributed by atoms with Gasteiger partial charge in [-0.3, -0.25) is 4.79 Å². The largest absolute Gasteiger partial charge is 0.486 e. The molecule has 0 N–H and O–H groups in total. The van der Waals surface area contributed by atoms with Crippen LogP contribution < -0.4 is 9.47 Å². The second-order valence-corrected chi connectivity index (χ2v) is 5.11. The van der Waals surface area contributed by atoms with E-state index >= 15 is 0 Å². The number of benzene rings is 2. The highest BCUT2D eigenvalue weighted by atomic mass is 79.9. The Kier molecular flexibility index (Phi) is 3.25. The number of rotatable bonds is 2. The molecule has 0 bridgehead atoms. The van der Waals surface area contributed by atoms with Crippen molar-refractivity contribution in [1.82, 2.24) is 0 Å². The maximum Gasteiger partial charge on any atom is 0.193 e. The van der Waals surface area contributed by atoms with E-state index in [9.17, 15) is 4.79 Å². The molecule has 4 heteroatoms. The van der Waals surface area contributed by atoms with Gasteiger partial charge in [-0.2, -0.15) is 0 Å². The molecule has 0 fully saturated rings. The molecule has 1 aliphatic heterocycles. The van der Waals surface area contributed by atoms with E-state index in [0.29, 0.717) is 35.8 Å². The van der Waals surface area contributed by atoms with E-state index in [2.05, 4.69) is 15.9 Å². The van der Waals surface area contributed by atoms with E-state index in [0.717, 1.165) is 4.47 Å². The highest BCUT2D eigenvalue weighted by Gasteiger charge is 2.16. The van der Waals surface area contributed by atoms with Crippen molar-refractivity contribution in [1.29, 1.82) is 0 Å². The maximum atomic E-state index is 12.4. The van der Waals surface area contributed by atoms with Crippen LogP contribution >= 0.6 is 15.9 Å². The smallest absolute Gasteiger partial charge is 0.193 e. The van der Waals surface area contributed by atoms with Crippen molar-refractivity contribution in [3.8, 4) is 11.5 Å². The first-order chi connectivity index (χ1) is 9.24. The minimum Gasteiger partial charge on any atom is -0.486 e. The molecule has 0 spiro atoms. The molecule has 0 aromatic heterocycles. The van der Waals surface area contributed by atoms with Crippen molar-refractivity contribution in [3.05, 3.63) is 58.1 Å². The number of fused-ring (bicyclic) bond motifs is 1. The fourth-order valence-electron chi connectivity index (χ4n) is 1.98. The number of carbonyl (C=O) groups excluding carboxylic acids is 1. The van der Waals surface area contributed by atoms with Crippen molar-refractivity contribution in [3.63, 3.8) is 0 Å². The average molecular weight is 319 g/mol. The Bertz CT molecular complexity index is 637. The highest BCUT2D eigenvalue weighted by Crippen LogP contribution is 2.31. The summed E-state index contributed by atoms with van der Waals surface area (Å²) >= 11 is 3.37. The first-order valence-corrected chi connectivity index (χ1v) is 6.73. The summed E-state index contributed by atoms with van der Waals surface area (Å²) in [5.41, 5.74) is 1.24. The van der Waals surface area contributed by atoms with E-state index in [1.807, 2.05) is 12.1 Å². The fraction of sp³-hybridized carbons (Fsp3) is 0.133. The Labute approximate surface area is 119 Å². The fourth-order valence-corrected chi connectivity index (χ4v) is 2.38. The van der Waals surface area contributed by atoms with Gasteiger partial charge in [0, 0.05) is 15.6 Å². The Morgan fingerprint density at radius 3 is 2.47 bits per heavy atom. The number of hydrogen-bond acceptors (Lipinski definition) is 3. The van der Waals surface area contributed by atoms with Crippen molar-refractivity contribution < 1.29 is 14.3 Å². The van der Waals surface area contributed by atoms with Crippen LogP contribution in [0.5, 0.6) is 11.5 Å². The van der Waals surface area contributed by atoms with Gasteiger partial charge in [0.05, 0.1) is 0 Å². The molecule has 0 aliphatic carbocycles. The molecule has 0 radical (unpaired) electrons. The lowest BCUT2D eigenvalue weighted by Gasteiger charge is -2.18. The van der Waals surface area contributed by atoms with Crippen molar-refractivity contribution in [2.24, 2.45) is 0 Å². The summed E-state index contributed by atoms with van der Waals surface area (Å²) in [6, 6.07) is 12.6. The molecule has 2 aromatic carbocycles. The summed E-state index contributed by atoms with van der Waals surface area (Å²) < 4.78 is 11.8. The number of ketones is 1. The third-order valence-corrected chi connectivity index (χ3v) is 3.38. The minimum absolute atomic E-state index is 0.0294. The van der Waals surface area contributed by atoms with E-state index in [1.54, 1.807) is 30.3 Å². The molecule has 0 saturated heterocycles. The molecule has 3 nitrogen and oxygen atoms in total. The monoisotopic (exact) mass is 318 g/mol. The first kappa shape index (κ1) is 12.2. The van der Waals surface area contributed by atoms with E-state index in [1.165, 1.54) is 0 Å². The van der Waals surface area contributed by atoms with Gasteiger partial charge in [-0.1, -0.05) is 28.1 Å².